The number of amides is 2. The van der Waals surface area contributed by atoms with Gasteiger partial charge in [0.1, 0.15) is 0 Å². The normalized spacial score (nSPS) is 29.8. The average molecular weight is 282 g/mol. The third-order valence-corrected chi connectivity index (χ3v) is 4.85. The molecular weight excluding hydrogens is 256 g/mol. The quantitative estimate of drug-likeness (QED) is 0.813. The van der Waals surface area contributed by atoms with Crippen molar-refractivity contribution in [1.82, 2.24) is 10.2 Å². The van der Waals surface area contributed by atoms with Crippen molar-refractivity contribution in [3.63, 3.8) is 0 Å². The summed E-state index contributed by atoms with van der Waals surface area (Å²) in [6.07, 6.45) is 5.34. The molecule has 2 rings (SSSR count). The SMILES string of the molecule is CCN(C(=O)NCC1(C(=O)O)CCC(C)CC1)C1CC1. The van der Waals surface area contributed by atoms with E-state index in [1.54, 1.807) is 0 Å². The highest BCUT2D eigenvalue weighted by molar-refractivity contribution is 5.78. The molecule has 2 saturated carbocycles. The summed E-state index contributed by atoms with van der Waals surface area (Å²) in [6, 6.07) is 0.265. The highest BCUT2D eigenvalue weighted by atomic mass is 16.4. The van der Waals surface area contributed by atoms with Crippen LogP contribution in [0.1, 0.15) is 52.4 Å². The van der Waals surface area contributed by atoms with E-state index in [1.165, 1.54) is 0 Å². The highest BCUT2D eigenvalue weighted by Crippen LogP contribution is 2.38. The number of rotatable bonds is 5. The fourth-order valence-corrected chi connectivity index (χ4v) is 3.08. The lowest BCUT2D eigenvalue weighted by Crippen LogP contribution is -2.49. The molecule has 0 aromatic heterocycles. The summed E-state index contributed by atoms with van der Waals surface area (Å²) in [5, 5.41) is 12.4. The summed E-state index contributed by atoms with van der Waals surface area (Å²) in [4.78, 5) is 25.6. The molecule has 0 unspecified atom stereocenters. The van der Waals surface area contributed by atoms with Crippen LogP contribution in [0.25, 0.3) is 0 Å². The zero-order valence-corrected chi connectivity index (χ0v) is 12.5. The van der Waals surface area contributed by atoms with Crippen molar-refractivity contribution in [3.8, 4) is 0 Å². The third kappa shape index (κ3) is 3.25. The van der Waals surface area contributed by atoms with Crippen LogP contribution in [0.15, 0.2) is 0 Å². The van der Waals surface area contributed by atoms with Crippen LogP contribution in [-0.4, -0.2) is 41.1 Å². The molecule has 2 aliphatic rings. The fourth-order valence-electron chi connectivity index (χ4n) is 3.08. The molecular formula is C15H26N2O3. The van der Waals surface area contributed by atoms with Crippen LogP contribution in [0.2, 0.25) is 0 Å². The summed E-state index contributed by atoms with van der Waals surface area (Å²) in [7, 11) is 0. The second-order valence-corrected chi connectivity index (χ2v) is 6.44. The van der Waals surface area contributed by atoms with Crippen molar-refractivity contribution < 1.29 is 14.7 Å². The van der Waals surface area contributed by atoms with Crippen molar-refractivity contribution in [2.24, 2.45) is 11.3 Å². The summed E-state index contributed by atoms with van der Waals surface area (Å²) < 4.78 is 0. The van der Waals surface area contributed by atoms with E-state index in [4.69, 9.17) is 0 Å². The molecule has 0 radical (unpaired) electrons. The molecule has 5 nitrogen and oxygen atoms in total. The molecule has 2 amide bonds. The van der Waals surface area contributed by atoms with Crippen molar-refractivity contribution in [2.75, 3.05) is 13.1 Å². The number of carboxylic acid groups (broad SMARTS) is 1. The van der Waals surface area contributed by atoms with E-state index in [-0.39, 0.29) is 12.6 Å². The minimum atomic E-state index is -0.765. The lowest BCUT2D eigenvalue weighted by molar-refractivity contribution is -0.151. The van der Waals surface area contributed by atoms with Gasteiger partial charge in [-0.3, -0.25) is 4.79 Å². The highest BCUT2D eigenvalue weighted by Gasteiger charge is 2.42. The summed E-state index contributed by atoms with van der Waals surface area (Å²) >= 11 is 0. The second kappa shape index (κ2) is 6.02. The van der Waals surface area contributed by atoms with Crippen LogP contribution < -0.4 is 5.32 Å². The number of carbonyl (C=O) groups excluding carboxylic acids is 1. The molecule has 0 aromatic carbocycles. The number of hydrogen-bond donors (Lipinski definition) is 2. The third-order valence-electron chi connectivity index (χ3n) is 4.85. The minimum Gasteiger partial charge on any atom is -0.481 e. The lowest BCUT2D eigenvalue weighted by Gasteiger charge is -2.36. The molecule has 0 saturated heterocycles. The Hall–Kier alpha value is -1.26. The Morgan fingerprint density at radius 1 is 1.25 bits per heavy atom. The Morgan fingerprint density at radius 3 is 2.30 bits per heavy atom. The zero-order valence-electron chi connectivity index (χ0n) is 12.5. The van der Waals surface area contributed by atoms with Gasteiger partial charge in [-0.1, -0.05) is 6.92 Å². The van der Waals surface area contributed by atoms with Crippen molar-refractivity contribution >= 4 is 12.0 Å². The molecule has 2 N–H and O–H groups in total. The number of nitrogens with one attached hydrogen (secondary N) is 1. The number of carboxylic acids is 1. The number of urea groups is 1. The van der Waals surface area contributed by atoms with Gasteiger partial charge < -0.3 is 15.3 Å². The standard InChI is InChI=1S/C15H26N2O3/c1-3-17(12-4-5-12)14(20)16-10-15(13(18)19)8-6-11(2)7-9-15/h11-12H,3-10H2,1-2H3,(H,16,20)(H,18,19). The van der Waals surface area contributed by atoms with Crippen molar-refractivity contribution in [1.29, 1.82) is 0 Å². The minimum absolute atomic E-state index is 0.103. The van der Waals surface area contributed by atoms with Gasteiger partial charge in [-0.15, -0.1) is 0 Å². The Kier molecular flexibility index (Phi) is 4.55. The van der Waals surface area contributed by atoms with Crippen molar-refractivity contribution in [2.45, 2.75) is 58.4 Å². The van der Waals surface area contributed by atoms with Gasteiger partial charge in [0.15, 0.2) is 0 Å². The Bertz CT molecular complexity index is 371. The number of carbonyl (C=O) groups is 2. The Balaban J connectivity index is 1.92. The van der Waals surface area contributed by atoms with Crippen LogP contribution in [-0.2, 0) is 4.79 Å². The van der Waals surface area contributed by atoms with Gasteiger partial charge in [-0.25, -0.2) is 4.79 Å². The zero-order chi connectivity index (χ0) is 14.8. The molecule has 20 heavy (non-hydrogen) atoms. The van der Waals surface area contributed by atoms with E-state index < -0.39 is 11.4 Å². The van der Waals surface area contributed by atoms with E-state index in [0.717, 1.165) is 25.7 Å². The molecule has 5 heteroatoms. The van der Waals surface area contributed by atoms with Crippen LogP contribution in [0.3, 0.4) is 0 Å². The van der Waals surface area contributed by atoms with Gasteiger partial charge in [0.2, 0.25) is 0 Å². The monoisotopic (exact) mass is 282 g/mol. The molecule has 0 heterocycles. The van der Waals surface area contributed by atoms with Crippen LogP contribution in [0.4, 0.5) is 4.79 Å². The fraction of sp³-hybridized carbons (Fsp3) is 0.867. The van der Waals surface area contributed by atoms with E-state index >= 15 is 0 Å². The number of nitrogens with zero attached hydrogens (tertiary/aromatic N) is 1. The summed E-state index contributed by atoms with van der Waals surface area (Å²) in [5.74, 6) is -0.170. The van der Waals surface area contributed by atoms with Gasteiger partial charge in [0, 0.05) is 19.1 Å². The predicted molar refractivity (Wildman–Crippen MR) is 76.5 cm³/mol. The number of hydrogen-bond acceptors (Lipinski definition) is 2. The largest absolute Gasteiger partial charge is 0.481 e. The number of aliphatic carboxylic acids is 1. The molecule has 0 bridgehead atoms. The molecule has 0 aliphatic heterocycles. The predicted octanol–water partition coefficient (Wildman–Crippen LogP) is 2.46. The van der Waals surface area contributed by atoms with E-state index in [2.05, 4.69) is 12.2 Å². The summed E-state index contributed by atoms with van der Waals surface area (Å²) in [5.41, 5.74) is -0.759. The Morgan fingerprint density at radius 2 is 1.85 bits per heavy atom. The first kappa shape index (κ1) is 15.1. The van der Waals surface area contributed by atoms with E-state index in [1.807, 2.05) is 11.8 Å². The maximum absolute atomic E-state index is 12.1. The molecule has 114 valence electrons. The maximum Gasteiger partial charge on any atom is 0.317 e. The van der Waals surface area contributed by atoms with Crippen LogP contribution >= 0.6 is 0 Å². The summed E-state index contributed by atoms with van der Waals surface area (Å²) in [6.45, 7) is 5.08. The maximum atomic E-state index is 12.1. The van der Waals surface area contributed by atoms with Gasteiger partial charge in [0.05, 0.1) is 5.41 Å². The molecule has 0 spiro atoms. The lowest BCUT2D eigenvalue weighted by atomic mass is 9.71. The van der Waals surface area contributed by atoms with Gasteiger partial charge in [0.25, 0.3) is 0 Å². The van der Waals surface area contributed by atoms with Gasteiger partial charge in [-0.05, 0) is 51.4 Å². The van der Waals surface area contributed by atoms with E-state index in [0.29, 0.717) is 31.3 Å². The smallest absolute Gasteiger partial charge is 0.317 e. The average Bonchev–Trinajstić information content (AvgIpc) is 3.24. The van der Waals surface area contributed by atoms with Gasteiger partial charge in [-0.2, -0.15) is 0 Å². The van der Waals surface area contributed by atoms with Crippen LogP contribution in [0, 0.1) is 11.3 Å². The first-order valence-corrected chi connectivity index (χ1v) is 7.76. The molecule has 2 fully saturated rings. The molecule has 0 atom stereocenters. The van der Waals surface area contributed by atoms with Gasteiger partial charge >= 0.3 is 12.0 Å². The topological polar surface area (TPSA) is 69.6 Å². The first-order valence-electron chi connectivity index (χ1n) is 7.76. The second-order valence-electron chi connectivity index (χ2n) is 6.44. The van der Waals surface area contributed by atoms with Crippen LogP contribution in [0.5, 0.6) is 0 Å². The van der Waals surface area contributed by atoms with Crippen molar-refractivity contribution in [3.05, 3.63) is 0 Å². The van der Waals surface area contributed by atoms with E-state index in [9.17, 15) is 14.7 Å². The molecule has 0 aromatic rings. The molecule has 2 aliphatic carbocycles. The Labute approximate surface area is 120 Å². The first-order chi connectivity index (χ1) is 9.48.